The van der Waals surface area contributed by atoms with Crippen molar-refractivity contribution < 1.29 is 4.74 Å². The van der Waals surface area contributed by atoms with E-state index in [1.807, 2.05) is 0 Å². The van der Waals surface area contributed by atoms with Crippen LogP contribution in [0.2, 0.25) is 15.1 Å². The van der Waals surface area contributed by atoms with Crippen molar-refractivity contribution in [2.75, 3.05) is 0 Å². The zero-order valence-electron chi connectivity index (χ0n) is 11.7. The second kappa shape index (κ2) is 6.47. The Bertz CT molecular complexity index is 503. The van der Waals surface area contributed by atoms with Gasteiger partial charge in [0.05, 0.1) is 10.0 Å². The molecule has 2 aliphatic carbocycles. The van der Waals surface area contributed by atoms with Gasteiger partial charge in [0.2, 0.25) is 0 Å². The van der Waals surface area contributed by atoms with E-state index < -0.39 is 0 Å². The fourth-order valence-electron chi connectivity index (χ4n) is 3.67. The van der Waals surface area contributed by atoms with Crippen molar-refractivity contribution in [3.63, 3.8) is 0 Å². The third-order valence-corrected chi connectivity index (χ3v) is 7.01. The highest BCUT2D eigenvalue weighted by molar-refractivity contribution is 9.09. The van der Waals surface area contributed by atoms with Crippen molar-refractivity contribution in [3.05, 3.63) is 27.2 Å². The summed E-state index contributed by atoms with van der Waals surface area (Å²) >= 11 is 22.3. The van der Waals surface area contributed by atoms with Crippen LogP contribution in [0.5, 0.6) is 5.75 Å². The van der Waals surface area contributed by atoms with Crippen molar-refractivity contribution in [1.29, 1.82) is 0 Å². The number of hydrogen-bond acceptors (Lipinski definition) is 1. The largest absolute Gasteiger partial charge is 0.487 e. The van der Waals surface area contributed by atoms with Crippen LogP contribution < -0.4 is 4.74 Å². The first kappa shape index (κ1) is 16.2. The molecule has 2 atom stereocenters. The van der Waals surface area contributed by atoms with E-state index in [4.69, 9.17) is 39.5 Å². The lowest BCUT2D eigenvalue weighted by Crippen LogP contribution is -2.56. The monoisotopic (exact) mass is 410 g/mol. The van der Waals surface area contributed by atoms with E-state index in [0.717, 1.165) is 6.42 Å². The second-order valence-electron chi connectivity index (χ2n) is 6.16. The number of ether oxygens (including phenoxy) is 1. The van der Waals surface area contributed by atoms with Crippen molar-refractivity contribution in [2.24, 2.45) is 5.41 Å². The molecule has 0 amide bonds. The predicted molar refractivity (Wildman–Crippen MR) is 93.4 cm³/mol. The first-order chi connectivity index (χ1) is 10.0. The Morgan fingerprint density at radius 2 is 1.57 bits per heavy atom. The molecule has 1 spiro atoms. The van der Waals surface area contributed by atoms with Gasteiger partial charge in [0, 0.05) is 15.3 Å². The number of halogens is 4. The molecular formula is C16H18BrCl3O. The van der Waals surface area contributed by atoms with Gasteiger partial charge >= 0.3 is 0 Å². The van der Waals surface area contributed by atoms with Gasteiger partial charge in [0.1, 0.15) is 6.10 Å². The Kier molecular flexibility index (Phi) is 5.00. The molecule has 2 aliphatic rings. The van der Waals surface area contributed by atoms with Crippen LogP contribution in [-0.2, 0) is 0 Å². The van der Waals surface area contributed by atoms with Crippen LogP contribution in [-0.4, -0.2) is 10.9 Å². The van der Waals surface area contributed by atoms with Crippen LogP contribution in [0.25, 0.3) is 0 Å². The molecule has 0 aromatic heterocycles. The lowest BCUT2D eigenvalue weighted by atomic mass is 9.61. The fourth-order valence-corrected chi connectivity index (χ4v) is 5.67. The predicted octanol–water partition coefficient (Wildman–Crippen LogP) is 6.90. The van der Waals surface area contributed by atoms with Crippen LogP contribution in [0.15, 0.2) is 12.1 Å². The van der Waals surface area contributed by atoms with Gasteiger partial charge in [0.25, 0.3) is 0 Å². The highest BCUT2D eigenvalue weighted by Crippen LogP contribution is 2.56. The summed E-state index contributed by atoms with van der Waals surface area (Å²) in [5.74, 6) is 0.579. The maximum atomic E-state index is 6.25. The summed E-state index contributed by atoms with van der Waals surface area (Å²) in [6.45, 7) is 0. The van der Waals surface area contributed by atoms with Crippen LogP contribution >= 0.6 is 50.7 Å². The average molecular weight is 413 g/mol. The summed E-state index contributed by atoms with van der Waals surface area (Å²) in [5.41, 5.74) is 0.239. The molecule has 1 aromatic rings. The third kappa shape index (κ3) is 3.06. The second-order valence-corrected chi connectivity index (χ2v) is 8.51. The molecule has 0 saturated heterocycles. The number of alkyl halides is 1. The summed E-state index contributed by atoms with van der Waals surface area (Å²) in [5, 5.41) is 1.53. The highest BCUT2D eigenvalue weighted by Gasteiger charge is 2.55. The van der Waals surface area contributed by atoms with Gasteiger partial charge in [-0.15, -0.1) is 0 Å². The summed E-state index contributed by atoms with van der Waals surface area (Å²) in [4.78, 5) is 0.540. The summed E-state index contributed by atoms with van der Waals surface area (Å²) in [7, 11) is 0. The number of rotatable bonds is 2. The molecule has 2 unspecified atom stereocenters. The molecule has 21 heavy (non-hydrogen) atoms. The quantitative estimate of drug-likeness (QED) is 0.480. The van der Waals surface area contributed by atoms with Crippen LogP contribution in [0.3, 0.4) is 0 Å². The lowest BCUT2D eigenvalue weighted by molar-refractivity contribution is -0.0460. The maximum absolute atomic E-state index is 6.25. The minimum atomic E-state index is 0.191. The minimum absolute atomic E-state index is 0.191. The van der Waals surface area contributed by atoms with Crippen molar-refractivity contribution in [3.8, 4) is 5.75 Å². The van der Waals surface area contributed by atoms with E-state index >= 15 is 0 Å². The summed E-state index contributed by atoms with van der Waals surface area (Å²) < 4.78 is 6.23. The first-order valence-electron chi connectivity index (χ1n) is 7.48. The fraction of sp³-hybridized carbons (Fsp3) is 0.625. The standard InChI is InChI=1S/C16H18BrCl3O/c17-13-9-14(16(13)5-3-1-2-4-6-16)21-15-11(19)7-10(18)8-12(15)20/h7-8,13-14H,1-6,9H2. The molecule has 5 heteroatoms. The maximum Gasteiger partial charge on any atom is 0.157 e. The van der Waals surface area contributed by atoms with E-state index in [2.05, 4.69) is 15.9 Å². The SMILES string of the molecule is Clc1cc(Cl)c(OC2CC(Br)C23CCCCCC3)c(Cl)c1. The molecule has 0 radical (unpaired) electrons. The van der Waals surface area contributed by atoms with E-state index in [1.54, 1.807) is 12.1 Å². The zero-order valence-corrected chi connectivity index (χ0v) is 15.5. The molecule has 116 valence electrons. The molecule has 0 aliphatic heterocycles. The number of benzene rings is 1. The Morgan fingerprint density at radius 1 is 1.00 bits per heavy atom. The molecule has 2 fully saturated rings. The molecule has 1 nitrogen and oxygen atoms in total. The van der Waals surface area contributed by atoms with E-state index in [0.29, 0.717) is 25.6 Å². The third-order valence-electron chi connectivity index (χ3n) is 4.94. The average Bonchev–Trinajstić information content (AvgIpc) is 2.69. The van der Waals surface area contributed by atoms with Crippen molar-refractivity contribution in [1.82, 2.24) is 0 Å². The van der Waals surface area contributed by atoms with Gasteiger partial charge in [0.15, 0.2) is 5.75 Å². The molecule has 3 rings (SSSR count). The van der Waals surface area contributed by atoms with Gasteiger partial charge in [-0.2, -0.15) is 0 Å². The van der Waals surface area contributed by atoms with Crippen LogP contribution in [0, 0.1) is 5.41 Å². The molecule has 0 bridgehead atoms. The topological polar surface area (TPSA) is 9.23 Å². The first-order valence-corrected chi connectivity index (χ1v) is 9.53. The zero-order chi connectivity index (χ0) is 15.0. The Balaban J connectivity index is 1.82. The molecule has 0 heterocycles. The summed E-state index contributed by atoms with van der Waals surface area (Å²) in [6, 6.07) is 3.38. The lowest BCUT2D eigenvalue weighted by Gasteiger charge is -2.53. The van der Waals surface area contributed by atoms with Crippen LogP contribution in [0.1, 0.15) is 44.9 Å². The van der Waals surface area contributed by atoms with Crippen LogP contribution in [0.4, 0.5) is 0 Å². The molecule has 2 saturated carbocycles. The normalized spacial score (nSPS) is 28.0. The minimum Gasteiger partial charge on any atom is -0.487 e. The Morgan fingerprint density at radius 3 is 2.10 bits per heavy atom. The molecular weight excluding hydrogens is 394 g/mol. The van der Waals surface area contributed by atoms with E-state index in [1.165, 1.54) is 38.5 Å². The van der Waals surface area contributed by atoms with Crippen molar-refractivity contribution >= 4 is 50.7 Å². The Labute approximate surface area is 149 Å². The Hall–Kier alpha value is 0.370. The van der Waals surface area contributed by atoms with Crippen molar-refractivity contribution in [2.45, 2.75) is 55.9 Å². The van der Waals surface area contributed by atoms with Gasteiger partial charge < -0.3 is 4.74 Å². The molecule has 1 aromatic carbocycles. The summed E-state index contributed by atoms with van der Waals surface area (Å²) in [6.07, 6.45) is 8.86. The van der Waals surface area contributed by atoms with Gasteiger partial charge in [-0.25, -0.2) is 0 Å². The van der Waals surface area contributed by atoms with E-state index in [-0.39, 0.29) is 11.5 Å². The highest BCUT2D eigenvalue weighted by atomic mass is 79.9. The smallest absolute Gasteiger partial charge is 0.157 e. The number of hydrogen-bond donors (Lipinski definition) is 0. The van der Waals surface area contributed by atoms with Gasteiger partial charge in [-0.1, -0.05) is 76.4 Å². The van der Waals surface area contributed by atoms with Gasteiger partial charge in [-0.05, 0) is 31.4 Å². The van der Waals surface area contributed by atoms with Gasteiger partial charge in [-0.3, -0.25) is 0 Å². The molecule has 0 N–H and O–H groups in total. The van der Waals surface area contributed by atoms with E-state index in [9.17, 15) is 0 Å².